The monoisotopic (exact) mass is 378 g/mol. The molecule has 0 radical (unpaired) electrons. The Kier molecular flexibility index (Phi) is 9.80. The Morgan fingerprint density at radius 1 is 0.846 bits per heavy atom. The Morgan fingerprint density at radius 3 is 1.81 bits per heavy atom. The lowest BCUT2D eigenvalue weighted by atomic mass is 10.1. The van der Waals surface area contributed by atoms with Crippen LogP contribution in [0, 0.1) is 0 Å². The largest absolute Gasteiger partial charge is 0.481 e. The Bertz CT molecular complexity index is 554. The first-order valence-electron chi connectivity index (χ1n) is 7.36. The molecule has 9 N–H and O–H groups in total. The van der Waals surface area contributed by atoms with Crippen LogP contribution in [0.25, 0.3) is 0 Å². The summed E-state index contributed by atoms with van der Waals surface area (Å²) in [6, 6.07) is -5.84. The number of aliphatic hydroxyl groups is 2. The van der Waals surface area contributed by atoms with Gasteiger partial charge in [-0.1, -0.05) is 0 Å². The van der Waals surface area contributed by atoms with Crippen LogP contribution in [0.5, 0.6) is 0 Å². The van der Waals surface area contributed by atoms with Crippen LogP contribution in [-0.4, -0.2) is 87.5 Å². The van der Waals surface area contributed by atoms with Crippen LogP contribution in [0.4, 0.5) is 0 Å². The number of hydrogen-bond donors (Lipinski definition) is 8. The van der Waals surface area contributed by atoms with E-state index in [-0.39, 0.29) is 0 Å². The van der Waals surface area contributed by atoms with Gasteiger partial charge in [-0.3, -0.25) is 19.2 Å². The minimum atomic E-state index is -1.68. The first-order valence-corrected chi connectivity index (χ1v) is 7.36. The van der Waals surface area contributed by atoms with Gasteiger partial charge in [-0.15, -0.1) is 0 Å². The maximum absolute atomic E-state index is 12.0. The number of carboxylic acids is 2. The average Bonchev–Trinajstić information content (AvgIpc) is 2.56. The van der Waals surface area contributed by atoms with Gasteiger partial charge in [0.05, 0.1) is 19.6 Å². The Hall–Kier alpha value is -2.77. The van der Waals surface area contributed by atoms with E-state index in [0.29, 0.717) is 0 Å². The highest BCUT2D eigenvalue weighted by atomic mass is 16.4. The molecule has 0 saturated carbocycles. The molecule has 0 saturated heterocycles. The van der Waals surface area contributed by atoms with Crippen molar-refractivity contribution in [2.24, 2.45) is 5.73 Å². The molecule has 3 amide bonds. The van der Waals surface area contributed by atoms with E-state index in [1.165, 1.54) is 6.92 Å². The lowest BCUT2D eigenvalue weighted by Crippen LogP contribution is -2.57. The van der Waals surface area contributed by atoms with Crippen molar-refractivity contribution in [1.29, 1.82) is 0 Å². The molecular weight excluding hydrogens is 356 g/mol. The van der Waals surface area contributed by atoms with E-state index in [9.17, 15) is 24.0 Å². The molecule has 0 fully saturated rings. The lowest BCUT2D eigenvalue weighted by molar-refractivity contribution is -0.144. The Labute approximate surface area is 147 Å². The quantitative estimate of drug-likeness (QED) is 0.171. The molecule has 0 bridgehead atoms. The summed E-state index contributed by atoms with van der Waals surface area (Å²) in [5, 5.41) is 41.3. The second-order valence-electron chi connectivity index (χ2n) is 5.26. The first-order chi connectivity index (χ1) is 12.0. The molecule has 13 heteroatoms. The van der Waals surface area contributed by atoms with Crippen molar-refractivity contribution in [2.75, 3.05) is 13.2 Å². The van der Waals surface area contributed by atoms with Gasteiger partial charge in [-0.25, -0.2) is 4.79 Å². The molecule has 148 valence electrons. The minimum absolute atomic E-state index is 0.665. The molecule has 0 aromatic heterocycles. The predicted molar refractivity (Wildman–Crippen MR) is 83.5 cm³/mol. The summed E-state index contributed by atoms with van der Waals surface area (Å²) < 4.78 is 0. The van der Waals surface area contributed by atoms with E-state index in [2.05, 4.69) is 10.6 Å². The normalized spacial score (nSPS) is 15.1. The number of hydrogen-bond acceptors (Lipinski definition) is 8. The van der Waals surface area contributed by atoms with Gasteiger partial charge >= 0.3 is 11.9 Å². The fourth-order valence-corrected chi connectivity index (χ4v) is 1.61. The number of rotatable bonds is 11. The zero-order valence-corrected chi connectivity index (χ0v) is 13.8. The number of nitrogens with two attached hydrogens (primary N) is 1. The van der Waals surface area contributed by atoms with Crippen LogP contribution < -0.4 is 21.7 Å². The summed E-state index contributed by atoms with van der Waals surface area (Å²) in [7, 11) is 0. The van der Waals surface area contributed by atoms with Gasteiger partial charge in [0.2, 0.25) is 17.7 Å². The second kappa shape index (κ2) is 11.0. The van der Waals surface area contributed by atoms with Gasteiger partial charge in [0, 0.05) is 0 Å². The summed E-state index contributed by atoms with van der Waals surface area (Å²) >= 11 is 0. The Morgan fingerprint density at radius 2 is 1.38 bits per heavy atom. The highest BCUT2D eigenvalue weighted by molar-refractivity contribution is 5.95. The SMILES string of the molecule is CC(NC(=O)C(N)CO)C(=O)NC(CC(=O)O)C(=O)NC(CO)C(=O)O. The highest BCUT2D eigenvalue weighted by Gasteiger charge is 2.29. The van der Waals surface area contributed by atoms with Gasteiger partial charge in [-0.05, 0) is 6.92 Å². The van der Waals surface area contributed by atoms with Crippen molar-refractivity contribution >= 4 is 29.7 Å². The van der Waals surface area contributed by atoms with E-state index in [1.807, 2.05) is 5.32 Å². The maximum atomic E-state index is 12.0. The van der Waals surface area contributed by atoms with Gasteiger partial charge in [0.1, 0.15) is 24.2 Å². The number of nitrogens with one attached hydrogen (secondary N) is 3. The fourth-order valence-electron chi connectivity index (χ4n) is 1.61. The van der Waals surface area contributed by atoms with E-state index in [1.54, 1.807) is 0 Å². The molecule has 0 aromatic carbocycles. The van der Waals surface area contributed by atoms with Gasteiger partial charge < -0.3 is 42.1 Å². The van der Waals surface area contributed by atoms with Crippen molar-refractivity contribution in [3.05, 3.63) is 0 Å². The first kappa shape index (κ1) is 23.2. The molecule has 0 aliphatic rings. The van der Waals surface area contributed by atoms with Crippen LogP contribution in [0.1, 0.15) is 13.3 Å². The van der Waals surface area contributed by atoms with Crippen LogP contribution in [0.3, 0.4) is 0 Å². The third-order valence-electron chi connectivity index (χ3n) is 3.09. The van der Waals surface area contributed by atoms with E-state index < -0.39 is 73.5 Å². The van der Waals surface area contributed by atoms with E-state index in [0.717, 1.165) is 0 Å². The van der Waals surface area contributed by atoms with Crippen LogP contribution >= 0.6 is 0 Å². The number of aliphatic carboxylic acids is 2. The van der Waals surface area contributed by atoms with Gasteiger partial charge in [0.25, 0.3) is 0 Å². The second-order valence-corrected chi connectivity index (χ2v) is 5.26. The summed E-state index contributed by atoms with van der Waals surface area (Å²) in [6.45, 7) is -0.386. The molecule has 26 heavy (non-hydrogen) atoms. The summed E-state index contributed by atoms with van der Waals surface area (Å²) in [6.07, 6.45) is -0.869. The summed E-state index contributed by atoms with van der Waals surface area (Å²) in [5.74, 6) is -5.95. The third kappa shape index (κ3) is 7.87. The van der Waals surface area contributed by atoms with Crippen LogP contribution in [-0.2, 0) is 24.0 Å². The number of carbonyl (C=O) groups is 5. The lowest BCUT2D eigenvalue weighted by Gasteiger charge is -2.22. The van der Waals surface area contributed by atoms with Gasteiger partial charge in [0.15, 0.2) is 0 Å². The fraction of sp³-hybridized carbons (Fsp3) is 0.615. The number of aliphatic hydroxyl groups excluding tert-OH is 2. The predicted octanol–water partition coefficient (Wildman–Crippen LogP) is -4.67. The van der Waals surface area contributed by atoms with Crippen molar-refractivity contribution in [3.8, 4) is 0 Å². The molecule has 4 unspecified atom stereocenters. The molecule has 13 nitrogen and oxygen atoms in total. The molecule has 0 rings (SSSR count). The zero-order chi connectivity index (χ0) is 20.4. The molecule has 0 heterocycles. The van der Waals surface area contributed by atoms with Crippen LogP contribution in [0.15, 0.2) is 0 Å². The molecule has 4 atom stereocenters. The Balaban J connectivity index is 5.00. The maximum Gasteiger partial charge on any atom is 0.328 e. The van der Waals surface area contributed by atoms with Crippen LogP contribution in [0.2, 0.25) is 0 Å². The van der Waals surface area contributed by atoms with E-state index in [4.69, 9.17) is 26.2 Å². The molecule has 0 spiro atoms. The zero-order valence-electron chi connectivity index (χ0n) is 13.8. The molecular formula is C13H22N4O9. The smallest absolute Gasteiger partial charge is 0.328 e. The number of carboxylic acid groups (broad SMARTS) is 2. The summed E-state index contributed by atoms with van der Waals surface area (Å²) in [4.78, 5) is 57.1. The number of carbonyl (C=O) groups excluding carboxylic acids is 3. The molecule has 0 aliphatic heterocycles. The van der Waals surface area contributed by atoms with E-state index >= 15 is 0 Å². The molecule has 0 aliphatic carbocycles. The van der Waals surface area contributed by atoms with Gasteiger partial charge in [-0.2, -0.15) is 0 Å². The van der Waals surface area contributed by atoms with Crippen molar-refractivity contribution in [2.45, 2.75) is 37.5 Å². The van der Waals surface area contributed by atoms with Crippen molar-refractivity contribution < 1.29 is 44.4 Å². The summed E-state index contributed by atoms with van der Waals surface area (Å²) in [5.41, 5.74) is 5.26. The minimum Gasteiger partial charge on any atom is -0.481 e. The highest BCUT2D eigenvalue weighted by Crippen LogP contribution is 1.97. The third-order valence-corrected chi connectivity index (χ3v) is 3.09. The van der Waals surface area contributed by atoms with Crippen molar-refractivity contribution in [3.63, 3.8) is 0 Å². The topological polar surface area (TPSA) is 228 Å². The average molecular weight is 378 g/mol. The number of amides is 3. The standard InChI is InChI=1S/C13H22N4O9/c1-5(15-11(23)6(14)3-18)10(22)16-7(2-9(20)21)12(24)17-8(4-19)13(25)26/h5-8,18-19H,2-4,14H2,1H3,(H,15,23)(H,16,22)(H,17,24)(H,20,21)(H,25,26). The van der Waals surface area contributed by atoms with Crippen molar-refractivity contribution in [1.82, 2.24) is 16.0 Å². The molecule has 0 aromatic rings.